The van der Waals surface area contributed by atoms with Crippen molar-refractivity contribution in [1.82, 2.24) is 25.0 Å². The maximum atomic E-state index is 13.4. The number of benzene rings is 1. The molecule has 19 heavy (non-hydrogen) atoms. The maximum Gasteiger partial charge on any atom is 0.160 e. The zero-order valence-electron chi connectivity index (χ0n) is 9.77. The Balaban J connectivity index is 2.04. The summed E-state index contributed by atoms with van der Waals surface area (Å²) in [6.45, 7) is 1.08. The smallest absolute Gasteiger partial charge is 0.160 e. The third-order valence-corrected chi connectivity index (χ3v) is 3.27. The fourth-order valence-electron chi connectivity index (χ4n) is 1.77. The van der Waals surface area contributed by atoms with E-state index < -0.39 is 0 Å². The van der Waals surface area contributed by atoms with Gasteiger partial charge in [0.25, 0.3) is 0 Å². The highest BCUT2D eigenvalue weighted by atomic mass is 79.9. The second kappa shape index (κ2) is 4.71. The Bertz CT molecular complexity index is 695. The number of nitrogens with two attached hydrogens (primary N) is 1. The third kappa shape index (κ3) is 2.24. The molecule has 0 aliphatic heterocycles. The van der Waals surface area contributed by atoms with Gasteiger partial charge in [0.15, 0.2) is 5.82 Å². The van der Waals surface area contributed by atoms with E-state index >= 15 is 0 Å². The largest absolute Gasteiger partial charge is 0.336 e. The van der Waals surface area contributed by atoms with Gasteiger partial charge in [0.05, 0.1) is 28.2 Å². The summed E-state index contributed by atoms with van der Waals surface area (Å²) in [6.07, 6.45) is 1.75. The number of fused-ring (bicyclic) bond motifs is 1. The van der Waals surface area contributed by atoms with Crippen LogP contribution in [-0.4, -0.2) is 31.5 Å². The van der Waals surface area contributed by atoms with Crippen LogP contribution in [0, 0.1) is 5.82 Å². The van der Waals surface area contributed by atoms with Gasteiger partial charge in [-0.3, -0.25) is 4.68 Å². The fourth-order valence-corrected chi connectivity index (χ4v) is 2.11. The number of H-pyrrole nitrogens is 1. The molecule has 8 heteroatoms. The highest BCUT2D eigenvalue weighted by molar-refractivity contribution is 9.10. The van der Waals surface area contributed by atoms with Crippen molar-refractivity contribution in [2.24, 2.45) is 5.73 Å². The minimum Gasteiger partial charge on any atom is -0.336 e. The van der Waals surface area contributed by atoms with Gasteiger partial charge in [-0.1, -0.05) is 5.21 Å². The van der Waals surface area contributed by atoms with E-state index in [0.29, 0.717) is 40.1 Å². The van der Waals surface area contributed by atoms with Gasteiger partial charge in [0, 0.05) is 12.6 Å². The number of imidazole rings is 1. The fraction of sp³-hybridized carbons (Fsp3) is 0.182. The zero-order valence-corrected chi connectivity index (χ0v) is 11.4. The van der Waals surface area contributed by atoms with E-state index in [2.05, 4.69) is 36.2 Å². The van der Waals surface area contributed by atoms with Crippen molar-refractivity contribution in [3.63, 3.8) is 0 Å². The van der Waals surface area contributed by atoms with E-state index in [4.69, 9.17) is 5.73 Å². The van der Waals surface area contributed by atoms with E-state index in [1.165, 1.54) is 6.07 Å². The van der Waals surface area contributed by atoms with Gasteiger partial charge in [-0.2, -0.15) is 0 Å². The van der Waals surface area contributed by atoms with E-state index in [0.717, 1.165) is 0 Å². The molecule has 0 amide bonds. The Hall–Kier alpha value is -1.80. The number of nitrogens with one attached hydrogen (secondary N) is 1. The lowest BCUT2D eigenvalue weighted by molar-refractivity contribution is 0.598. The number of hydrogen-bond acceptors (Lipinski definition) is 4. The van der Waals surface area contributed by atoms with Crippen molar-refractivity contribution >= 4 is 27.0 Å². The van der Waals surface area contributed by atoms with Crippen LogP contribution < -0.4 is 5.73 Å². The topological polar surface area (TPSA) is 85.4 Å². The third-order valence-electron chi connectivity index (χ3n) is 2.66. The molecule has 0 saturated heterocycles. The number of hydrogen-bond donors (Lipinski definition) is 2. The molecule has 3 rings (SSSR count). The average Bonchev–Trinajstić information content (AvgIpc) is 2.97. The summed E-state index contributed by atoms with van der Waals surface area (Å²) in [5, 5.41) is 7.93. The minimum atomic E-state index is -0.338. The van der Waals surface area contributed by atoms with Crippen molar-refractivity contribution < 1.29 is 4.39 Å². The Kier molecular flexibility index (Phi) is 3.03. The summed E-state index contributed by atoms with van der Waals surface area (Å²) < 4.78 is 15.4. The summed E-state index contributed by atoms with van der Waals surface area (Å²) in [7, 11) is 0. The van der Waals surface area contributed by atoms with Gasteiger partial charge in [-0.25, -0.2) is 9.37 Å². The molecule has 0 unspecified atom stereocenters. The lowest BCUT2D eigenvalue weighted by atomic mass is 10.3. The van der Waals surface area contributed by atoms with Gasteiger partial charge in [-0.05, 0) is 22.0 Å². The first-order chi connectivity index (χ1) is 9.17. The van der Waals surface area contributed by atoms with Gasteiger partial charge < -0.3 is 10.7 Å². The summed E-state index contributed by atoms with van der Waals surface area (Å²) in [5.41, 5.74) is 7.32. The van der Waals surface area contributed by atoms with Crippen LogP contribution in [0.4, 0.5) is 4.39 Å². The van der Waals surface area contributed by atoms with Gasteiger partial charge in [-0.15, -0.1) is 5.10 Å². The van der Waals surface area contributed by atoms with Crippen LogP contribution in [0.15, 0.2) is 22.8 Å². The first kappa shape index (κ1) is 12.2. The Morgan fingerprint density at radius 1 is 1.42 bits per heavy atom. The molecule has 0 spiro atoms. The monoisotopic (exact) mass is 324 g/mol. The van der Waals surface area contributed by atoms with Gasteiger partial charge >= 0.3 is 0 Å². The molecule has 1 aromatic carbocycles. The molecule has 0 aliphatic carbocycles. The lowest BCUT2D eigenvalue weighted by Gasteiger charge is -1.92. The van der Waals surface area contributed by atoms with Crippen LogP contribution >= 0.6 is 15.9 Å². The quantitative estimate of drug-likeness (QED) is 0.767. The number of rotatable bonds is 3. The standard InChI is InChI=1S/C11H10BrFN6/c12-6-3-8-9(4-7(6)13)16-11(15-8)10-5-19(2-1-14)18-17-10/h3-5H,1-2,14H2,(H,15,16). The predicted octanol–water partition coefficient (Wildman–Crippen LogP) is 1.68. The molecule has 2 aromatic heterocycles. The van der Waals surface area contributed by atoms with Crippen LogP contribution in [0.3, 0.4) is 0 Å². The number of nitrogens with zero attached hydrogens (tertiary/aromatic N) is 4. The Morgan fingerprint density at radius 2 is 2.26 bits per heavy atom. The Labute approximate surface area is 115 Å². The zero-order chi connectivity index (χ0) is 13.4. The van der Waals surface area contributed by atoms with Crippen molar-refractivity contribution in [3.8, 4) is 11.5 Å². The highest BCUT2D eigenvalue weighted by Gasteiger charge is 2.11. The molecule has 0 saturated carbocycles. The molecule has 6 nitrogen and oxygen atoms in total. The van der Waals surface area contributed by atoms with Gasteiger partial charge in [0.2, 0.25) is 0 Å². The summed E-state index contributed by atoms with van der Waals surface area (Å²) in [5.74, 6) is 0.213. The second-order valence-corrected chi connectivity index (χ2v) is 4.88. The summed E-state index contributed by atoms with van der Waals surface area (Å²) >= 11 is 3.13. The molecule has 3 aromatic rings. The molecule has 98 valence electrons. The summed E-state index contributed by atoms with van der Waals surface area (Å²) in [4.78, 5) is 7.38. The highest BCUT2D eigenvalue weighted by Crippen LogP contribution is 2.24. The molecule has 0 fully saturated rings. The van der Waals surface area contributed by atoms with Crippen LogP contribution in [0.25, 0.3) is 22.6 Å². The van der Waals surface area contributed by atoms with E-state index in [-0.39, 0.29) is 5.82 Å². The second-order valence-electron chi connectivity index (χ2n) is 4.02. The molecule has 3 N–H and O–H groups in total. The number of aromatic amines is 1. The van der Waals surface area contributed by atoms with Gasteiger partial charge in [0.1, 0.15) is 11.5 Å². The summed E-state index contributed by atoms with van der Waals surface area (Å²) in [6, 6.07) is 3.01. The van der Waals surface area contributed by atoms with Crippen LogP contribution in [-0.2, 0) is 6.54 Å². The minimum absolute atomic E-state index is 0.338. The Morgan fingerprint density at radius 3 is 3.05 bits per heavy atom. The van der Waals surface area contributed by atoms with E-state index in [1.54, 1.807) is 16.9 Å². The van der Waals surface area contributed by atoms with Crippen LogP contribution in [0.2, 0.25) is 0 Å². The molecular formula is C11H10BrFN6. The van der Waals surface area contributed by atoms with Crippen molar-refractivity contribution in [1.29, 1.82) is 0 Å². The van der Waals surface area contributed by atoms with Crippen LogP contribution in [0.5, 0.6) is 0 Å². The van der Waals surface area contributed by atoms with Crippen molar-refractivity contribution in [2.45, 2.75) is 6.54 Å². The molecule has 0 bridgehead atoms. The lowest BCUT2D eigenvalue weighted by Crippen LogP contribution is -2.10. The predicted molar refractivity (Wildman–Crippen MR) is 71.8 cm³/mol. The van der Waals surface area contributed by atoms with Crippen molar-refractivity contribution in [2.75, 3.05) is 6.54 Å². The maximum absolute atomic E-state index is 13.4. The molecule has 0 aliphatic rings. The molecular weight excluding hydrogens is 315 g/mol. The first-order valence-electron chi connectivity index (χ1n) is 5.62. The normalized spacial score (nSPS) is 11.3. The number of halogens is 2. The molecule has 0 atom stereocenters. The number of aromatic nitrogens is 5. The SMILES string of the molecule is NCCn1cc(-c2nc3cc(Br)c(F)cc3[nH]2)nn1. The van der Waals surface area contributed by atoms with Crippen LogP contribution in [0.1, 0.15) is 0 Å². The first-order valence-corrected chi connectivity index (χ1v) is 6.42. The average molecular weight is 325 g/mol. The molecule has 2 heterocycles. The molecule has 0 radical (unpaired) electrons. The van der Waals surface area contributed by atoms with E-state index in [1.807, 2.05) is 0 Å². The van der Waals surface area contributed by atoms with E-state index in [9.17, 15) is 4.39 Å². The van der Waals surface area contributed by atoms with Crippen molar-refractivity contribution in [3.05, 3.63) is 28.6 Å².